The zero-order valence-electron chi connectivity index (χ0n) is 11.9. The van der Waals surface area contributed by atoms with Crippen molar-refractivity contribution in [3.63, 3.8) is 0 Å². The van der Waals surface area contributed by atoms with E-state index in [9.17, 15) is 4.79 Å². The number of ether oxygens (including phenoxy) is 2. The van der Waals surface area contributed by atoms with Gasteiger partial charge in [0.05, 0.1) is 30.5 Å². The number of hydrogen-bond donors (Lipinski definition) is 2. The molecule has 0 aliphatic carbocycles. The molecule has 110 valence electrons. The highest BCUT2D eigenvalue weighted by Crippen LogP contribution is 2.36. The van der Waals surface area contributed by atoms with Gasteiger partial charge in [0.2, 0.25) is 5.91 Å². The molecule has 1 aromatic carbocycles. The molecule has 0 spiro atoms. The van der Waals surface area contributed by atoms with Gasteiger partial charge in [-0.1, -0.05) is 11.6 Å². The molecule has 20 heavy (non-hydrogen) atoms. The van der Waals surface area contributed by atoms with Gasteiger partial charge in [0.15, 0.2) is 0 Å². The number of halogens is 1. The summed E-state index contributed by atoms with van der Waals surface area (Å²) in [6.45, 7) is 2.75. The molecule has 0 aromatic heterocycles. The van der Waals surface area contributed by atoms with E-state index in [2.05, 4.69) is 10.6 Å². The van der Waals surface area contributed by atoms with E-state index in [0.29, 0.717) is 22.2 Å². The van der Waals surface area contributed by atoms with Gasteiger partial charge in [-0.25, -0.2) is 0 Å². The van der Waals surface area contributed by atoms with Gasteiger partial charge >= 0.3 is 0 Å². The summed E-state index contributed by atoms with van der Waals surface area (Å²) in [5.74, 6) is 0.933. The lowest BCUT2D eigenvalue weighted by molar-refractivity contribution is -0.121. The molecule has 2 rings (SSSR count). The number of amides is 1. The summed E-state index contributed by atoms with van der Waals surface area (Å²) in [5, 5.41) is 6.51. The SMILES string of the molecule is COc1cc(OC)c(NC(=O)C2(C)CCCN2)cc1Cl. The van der Waals surface area contributed by atoms with Crippen LogP contribution in [0.4, 0.5) is 5.69 Å². The van der Waals surface area contributed by atoms with E-state index in [0.717, 1.165) is 19.4 Å². The fourth-order valence-electron chi connectivity index (χ4n) is 2.31. The molecule has 0 bridgehead atoms. The number of anilines is 1. The molecule has 0 radical (unpaired) electrons. The van der Waals surface area contributed by atoms with Crippen molar-refractivity contribution in [1.82, 2.24) is 5.32 Å². The third-order valence-electron chi connectivity index (χ3n) is 3.59. The van der Waals surface area contributed by atoms with Gasteiger partial charge in [0.1, 0.15) is 11.5 Å². The van der Waals surface area contributed by atoms with Crippen molar-refractivity contribution in [3.05, 3.63) is 17.2 Å². The van der Waals surface area contributed by atoms with Gasteiger partial charge in [-0.15, -0.1) is 0 Å². The van der Waals surface area contributed by atoms with Crippen LogP contribution < -0.4 is 20.1 Å². The highest BCUT2D eigenvalue weighted by atomic mass is 35.5. The number of rotatable bonds is 4. The summed E-state index contributed by atoms with van der Waals surface area (Å²) in [7, 11) is 3.07. The van der Waals surface area contributed by atoms with Crippen molar-refractivity contribution in [3.8, 4) is 11.5 Å². The number of benzene rings is 1. The molecule has 1 aliphatic heterocycles. The summed E-state index contributed by atoms with van der Waals surface area (Å²) in [6.07, 6.45) is 1.80. The highest BCUT2D eigenvalue weighted by Gasteiger charge is 2.36. The Bertz CT molecular complexity index is 513. The van der Waals surface area contributed by atoms with Crippen molar-refractivity contribution < 1.29 is 14.3 Å². The topological polar surface area (TPSA) is 59.6 Å². The second kappa shape index (κ2) is 5.89. The molecule has 1 aromatic rings. The van der Waals surface area contributed by atoms with Crippen molar-refractivity contribution in [2.75, 3.05) is 26.1 Å². The first kappa shape index (κ1) is 14.9. The lowest BCUT2D eigenvalue weighted by Crippen LogP contribution is -2.48. The van der Waals surface area contributed by atoms with Crippen LogP contribution in [0.5, 0.6) is 11.5 Å². The first-order valence-corrected chi connectivity index (χ1v) is 6.86. The van der Waals surface area contributed by atoms with Crippen LogP contribution in [-0.4, -0.2) is 32.2 Å². The Hall–Kier alpha value is -1.46. The maximum Gasteiger partial charge on any atom is 0.244 e. The van der Waals surface area contributed by atoms with Crippen LogP contribution in [0.2, 0.25) is 5.02 Å². The Morgan fingerprint density at radius 2 is 2.05 bits per heavy atom. The smallest absolute Gasteiger partial charge is 0.244 e. The first-order chi connectivity index (χ1) is 9.50. The Balaban J connectivity index is 2.24. The second-order valence-corrected chi connectivity index (χ2v) is 5.41. The fourth-order valence-corrected chi connectivity index (χ4v) is 2.55. The Labute approximate surface area is 123 Å². The van der Waals surface area contributed by atoms with Crippen LogP contribution in [0.15, 0.2) is 12.1 Å². The molecule has 1 atom stereocenters. The first-order valence-electron chi connectivity index (χ1n) is 6.48. The molecule has 1 amide bonds. The molecule has 1 saturated heterocycles. The number of nitrogens with one attached hydrogen (secondary N) is 2. The van der Waals surface area contributed by atoms with E-state index < -0.39 is 5.54 Å². The van der Waals surface area contributed by atoms with Crippen LogP contribution in [-0.2, 0) is 4.79 Å². The molecule has 0 saturated carbocycles. The minimum absolute atomic E-state index is 0.0884. The molecule has 1 unspecified atom stereocenters. The van der Waals surface area contributed by atoms with E-state index in [1.807, 2.05) is 6.92 Å². The lowest BCUT2D eigenvalue weighted by Gasteiger charge is -2.24. The summed E-state index contributed by atoms with van der Waals surface area (Å²) < 4.78 is 10.4. The van der Waals surface area contributed by atoms with Gasteiger partial charge in [0, 0.05) is 6.07 Å². The van der Waals surface area contributed by atoms with E-state index in [-0.39, 0.29) is 5.91 Å². The molecule has 6 heteroatoms. The van der Waals surface area contributed by atoms with Crippen LogP contribution in [0, 0.1) is 0 Å². The zero-order valence-corrected chi connectivity index (χ0v) is 12.6. The fraction of sp³-hybridized carbons (Fsp3) is 0.500. The monoisotopic (exact) mass is 298 g/mol. The lowest BCUT2D eigenvalue weighted by atomic mass is 9.99. The molecular weight excluding hydrogens is 280 g/mol. The Morgan fingerprint density at radius 1 is 1.35 bits per heavy atom. The minimum atomic E-state index is -0.544. The number of methoxy groups -OCH3 is 2. The maximum absolute atomic E-state index is 12.4. The van der Waals surface area contributed by atoms with E-state index in [1.54, 1.807) is 12.1 Å². The number of hydrogen-bond acceptors (Lipinski definition) is 4. The number of carbonyl (C=O) groups excluding carboxylic acids is 1. The van der Waals surface area contributed by atoms with Crippen LogP contribution >= 0.6 is 11.6 Å². The highest BCUT2D eigenvalue weighted by molar-refractivity contribution is 6.32. The van der Waals surface area contributed by atoms with Gasteiger partial charge in [-0.2, -0.15) is 0 Å². The van der Waals surface area contributed by atoms with E-state index in [4.69, 9.17) is 21.1 Å². The molecule has 5 nitrogen and oxygen atoms in total. The quantitative estimate of drug-likeness (QED) is 0.896. The summed E-state index contributed by atoms with van der Waals surface area (Å²) in [5.41, 5.74) is -0.00421. The average Bonchev–Trinajstić information content (AvgIpc) is 2.87. The molecule has 2 N–H and O–H groups in total. The minimum Gasteiger partial charge on any atom is -0.495 e. The Morgan fingerprint density at radius 3 is 2.60 bits per heavy atom. The molecule has 1 aliphatic rings. The average molecular weight is 299 g/mol. The van der Waals surface area contributed by atoms with Gasteiger partial charge in [-0.3, -0.25) is 4.79 Å². The van der Waals surface area contributed by atoms with Gasteiger partial charge < -0.3 is 20.1 Å². The summed E-state index contributed by atoms with van der Waals surface area (Å²) in [6, 6.07) is 3.29. The summed E-state index contributed by atoms with van der Waals surface area (Å²) >= 11 is 6.09. The molecule has 1 fully saturated rings. The second-order valence-electron chi connectivity index (χ2n) is 5.00. The zero-order chi connectivity index (χ0) is 14.8. The molecular formula is C14H19ClN2O3. The largest absolute Gasteiger partial charge is 0.495 e. The standard InChI is InChI=1S/C14H19ClN2O3/c1-14(5-4-6-16-14)13(18)17-10-7-9(15)11(19-2)8-12(10)20-3/h7-8,16H,4-6H2,1-3H3,(H,17,18). The summed E-state index contributed by atoms with van der Waals surface area (Å²) in [4.78, 5) is 12.4. The van der Waals surface area contributed by atoms with E-state index >= 15 is 0 Å². The predicted molar refractivity (Wildman–Crippen MR) is 78.8 cm³/mol. The predicted octanol–water partition coefficient (Wildman–Crippen LogP) is 2.44. The van der Waals surface area contributed by atoms with Crippen LogP contribution in [0.1, 0.15) is 19.8 Å². The van der Waals surface area contributed by atoms with Crippen LogP contribution in [0.25, 0.3) is 0 Å². The van der Waals surface area contributed by atoms with Crippen molar-refractivity contribution in [2.24, 2.45) is 0 Å². The van der Waals surface area contributed by atoms with Crippen molar-refractivity contribution in [2.45, 2.75) is 25.3 Å². The van der Waals surface area contributed by atoms with E-state index in [1.165, 1.54) is 14.2 Å². The molecule has 1 heterocycles. The van der Waals surface area contributed by atoms with Gasteiger partial charge in [0.25, 0.3) is 0 Å². The third-order valence-corrected chi connectivity index (χ3v) is 3.89. The Kier molecular flexibility index (Phi) is 4.40. The third kappa shape index (κ3) is 2.83. The normalized spacial score (nSPS) is 21.6. The number of carbonyl (C=O) groups is 1. The van der Waals surface area contributed by atoms with Crippen molar-refractivity contribution >= 4 is 23.2 Å². The van der Waals surface area contributed by atoms with Crippen LogP contribution in [0.3, 0.4) is 0 Å². The van der Waals surface area contributed by atoms with Gasteiger partial charge in [-0.05, 0) is 32.4 Å². The van der Waals surface area contributed by atoms with Crippen molar-refractivity contribution in [1.29, 1.82) is 0 Å². The maximum atomic E-state index is 12.4.